The van der Waals surface area contributed by atoms with E-state index in [9.17, 15) is 8.42 Å². The molecule has 1 heterocycles. The molecule has 0 aromatic heterocycles. The minimum atomic E-state index is -2.83. The van der Waals surface area contributed by atoms with Gasteiger partial charge in [-0.25, -0.2) is 8.42 Å². The van der Waals surface area contributed by atoms with Gasteiger partial charge in [0.2, 0.25) is 0 Å². The average Bonchev–Trinajstić information content (AvgIpc) is 2.49. The van der Waals surface area contributed by atoms with Crippen molar-refractivity contribution in [3.05, 3.63) is 0 Å². The van der Waals surface area contributed by atoms with Crippen LogP contribution in [0.5, 0.6) is 0 Å². The van der Waals surface area contributed by atoms with E-state index >= 15 is 0 Å². The van der Waals surface area contributed by atoms with E-state index in [0.717, 1.165) is 25.9 Å². The van der Waals surface area contributed by atoms with Gasteiger partial charge in [0.1, 0.15) is 9.84 Å². The van der Waals surface area contributed by atoms with Crippen molar-refractivity contribution in [2.24, 2.45) is 0 Å². The lowest BCUT2D eigenvalue weighted by molar-refractivity contribution is 0.159. The van der Waals surface area contributed by atoms with Crippen LogP contribution in [0.3, 0.4) is 0 Å². The molecular formula is C9H19NO3S. The third kappa shape index (κ3) is 3.94. The highest BCUT2D eigenvalue weighted by molar-refractivity contribution is 7.90. The van der Waals surface area contributed by atoms with Gasteiger partial charge >= 0.3 is 0 Å². The zero-order chi connectivity index (χ0) is 10.6. The number of aliphatic hydroxyl groups excluding tert-OH is 1. The van der Waals surface area contributed by atoms with Gasteiger partial charge in [0.05, 0.1) is 12.4 Å². The predicted octanol–water partition coefficient (Wildman–Crippen LogP) is -0.122. The van der Waals surface area contributed by atoms with Crippen LogP contribution >= 0.6 is 0 Å². The number of hydrogen-bond acceptors (Lipinski definition) is 4. The van der Waals surface area contributed by atoms with Gasteiger partial charge in [-0.1, -0.05) is 0 Å². The summed E-state index contributed by atoms with van der Waals surface area (Å²) < 4.78 is 21.8. The summed E-state index contributed by atoms with van der Waals surface area (Å²) in [7, 11) is -2.83. The molecule has 0 bridgehead atoms. The summed E-state index contributed by atoms with van der Waals surface area (Å²) in [4.78, 5) is 2.19. The molecule has 1 rings (SSSR count). The highest BCUT2D eigenvalue weighted by Crippen LogP contribution is 2.16. The SMILES string of the molecule is CS(=O)(=O)CCCN1CCCC1CO. The van der Waals surface area contributed by atoms with Gasteiger partial charge in [-0.3, -0.25) is 4.90 Å². The molecule has 1 aliphatic heterocycles. The first-order valence-corrected chi connectivity index (χ1v) is 7.11. The Kier molecular flexibility index (Phi) is 4.34. The second kappa shape index (κ2) is 5.09. The molecule has 0 aromatic carbocycles. The van der Waals surface area contributed by atoms with Crippen molar-refractivity contribution in [2.75, 3.05) is 31.7 Å². The number of aliphatic hydroxyl groups is 1. The summed E-state index contributed by atoms with van der Waals surface area (Å²) in [5.74, 6) is 0.252. The van der Waals surface area contributed by atoms with Crippen LogP contribution in [0.25, 0.3) is 0 Å². The van der Waals surface area contributed by atoms with Crippen molar-refractivity contribution in [1.29, 1.82) is 0 Å². The highest BCUT2D eigenvalue weighted by Gasteiger charge is 2.22. The average molecular weight is 221 g/mol. The number of sulfone groups is 1. The number of likely N-dealkylation sites (tertiary alicyclic amines) is 1. The molecule has 14 heavy (non-hydrogen) atoms. The lowest BCUT2D eigenvalue weighted by Crippen LogP contribution is -2.33. The summed E-state index contributed by atoms with van der Waals surface area (Å²) >= 11 is 0. The third-order valence-electron chi connectivity index (χ3n) is 2.67. The topological polar surface area (TPSA) is 57.6 Å². The summed E-state index contributed by atoms with van der Waals surface area (Å²) in [6.45, 7) is 1.98. The molecule has 4 nitrogen and oxygen atoms in total. The van der Waals surface area contributed by atoms with Crippen molar-refractivity contribution in [3.63, 3.8) is 0 Å². The van der Waals surface area contributed by atoms with E-state index in [1.807, 2.05) is 0 Å². The quantitative estimate of drug-likeness (QED) is 0.703. The van der Waals surface area contributed by atoms with Crippen LogP contribution in [-0.2, 0) is 9.84 Å². The van der Waals surface area contributed by atoms with E-state index in [2.05, 4.69) is 4.90 Å². The summed E-state index contributed by atoms with van der Waals surface area (Å²) in [6.07, 6.45) is 4.09. The standard InChI is InChI=1S/C9H19NO3S/c1-14(12,13)7-3-6-10-5-2-4-9(10)8-11/h9,11H,2-8H2,1H3. The Labute approximate surface area is 85.8 Å². The van der Waals surface area contributed by atoms with Gasteiger partial charge in [0, 0.05) is 12.3 Å². The van der Waals surface area contributed by atoms with E-state index in [-0.39, 0.29) is 18.4 Å². The van der Waals surface area contributed by atoms with Crippen LogP contribution in [0.4, 0.5) is 0 Å². The number of nitrogens with zero attached hydrogens (tertiary/aromatic N) is 1. The fraction of sp³-hybridized carbons (Fsp3) is 1.00. The van der Waals surface area contributed by atoms with Gasteiger partial charge in [0.15, 0.2) is 0 Å². The van der Waals surface area contributed by atoms with Gasteiger partial charge in [-0.2, -0.15) is 0 Å². The van der Waals surface area contributed by atoms with E-state index in [0.29, 0.717) is 6.42 Å². The Hall–Kier alpha value is -0.130. The first-order chi connectivity index (χ1) is 6.53. The molecule has 0 aromatic rings. The van der Waals surface area contributed by atoms with Crippen molar-refractivity contribution in [3.8, 4) is 0 Å². The zero-order valence-corrected chi connectivity index (χ0v) is 9.46. The molecule has 0 amide bonds. The van der Waals surface area contributed by atoms with Crippen LogP contribution in [0.2, 0.25) is 0 Å². The second-order valence-electron chi connectivity index (χ2n) is 4.00. The fourth-order valence-corrected chi connectivity index (χ4v) is 2.58. The molecule has 1 atom stereocenters. The largest absolute Gasteiger partial charge is 0.395 e. The zero-order valence-electron chi connectivity index (χ0n) is 8.65. The molecule has 0 radical (unpaired) electrons. The predicted molar refractivity (Wildman–Crippen MR) is 56.0 cm³/mol. The van der Waals surface area contributed by atoms with Crippen molar-refractivity contribution in [2.45, 2.75) is 25.3 Å². The Morgan fingerprint density at radius 2 is 2.21 bits per heavy atom. The summed E-state index contributed by atoms with van der Waals surface area (Å²) in [5, 5.41) is 9.04. The van der Waals surface area contributed by atoms with Gasteiger partial charge in [0.25, 0.3) is 0 Å². The van der Waals surface area contributed by atoms with E-state index in [1.54, 1.807) is 0 Å². The minimum absolute atomic E-state index is 0.193. The third-order valence-corrected chi connectivity index (χ3v) is 3.70. The van der Waals surface area contributed by atoms with Crippen molar-refractivity contribution >= 4 is 9.84 Å². The first-order valence-electron chi connectivity index (χ1n) is 5.05. The maximum atomic E-state index is 10.9. The van der Waals surface area contributed by atoms with E-state index in [1.165, 1.54) is 6.26 Å². The summed E-state index contributed by atoms with van der Waals surface area (Å²) in [5.41, 5.74) is 0. The molecule has 0 aliphatic carbocycles. The first kappa shape index (κ1) is 11.9. The molecule has 0 saturated carbocycles. The molecule has 1 aliphatic rings. The van der Waals surface area contributed by atoms with E-state index < -0.39 is 9.84 Å². The highest BCUT2D eigenvalue weighted by atomic mass is 32.2. The smallest absolute Gasteiger partial charge is 0.147 e. The molecule has 0 spiro atoms. The molecular weight excluding hydrogens is 202 g/mol. The monoisotopic (exact) mass is 221 g/mol. The van der Waals surface area contributed by atoms with Gasteiger partial charge in [-0.05, 0) is 32.4 Å². The van der Waals surface area contributed by atoms with Crippen LogP contribution in [-0.4, -0.2) is 56.2 Å². The molecule has 84 valence electrons. The number of rotatable bonds is 5. The molecule has 5 heteroatoms. The Morgan fingerprint density at radius 3 is 2.79 bits per heavy atom. The second-order valence-corrected chi connectivity index (χ2v) is 6.26. The molecule has 1 saturated heterocycles. The van der Waals surface area contributed by atoms with Crippen molar-refractivity contribution in [1.82, 2.24) is 4.90 Å². The van der Waals surface area contributed by atoms with Crippen LogP contribution in [0.1, 0.15) is 19.3 Å². The van der Waals surface area contributed by atoms with Crippen LogP contribution < -0.4 is 0 Å². The fourth-order valence-electron chi connectivity index (χ4n) is 1.93. The molecule has 1 fully saturated rings. The maximum Gasteiger partial charge on any atom is 0.147 e. The van der Waals surface area contributed by atoms with Crippen molar-refractivity contribution < 1.29 is 13.5 Å². The Bertz CT molecular complexity index is 263. The lowest BCUT2D eigenvalue weighted by Gasteiger charge is -2.22. The Morgan fingerprint density at radius 1 is 1.50 bits per heavy atom. The van der Waals surface area contributed by atoms with Gasteiger partial charge in [-0.15, -0.1) is 0 Å². The lowest BCUT2D eigenvalue weighted by atomic mass is 10.2. The van der Waals surface area contributed by atoms with Gasteiger partial charge < -0.3 is 5.11 Å². The minimum Gasteiger partial charge on any atom is -0.395 e. The van der Waals surface area contributed by atoms with Crippen LogP contribution in [0, 0.1) is 0 Å². The normalized spacial score (nSPS) is 24.3. The molecule has 1 N–H and O–H groups in total. The summed E-state index contributed by atoms with van der Waals surface area (Å²) in [6, 6.07) is 0.259. The Balaban J connectivity index is 2.24. The maximum absolute atomic E-state index is 10.9. The van der Waals surface area contributed by atoms with E-state index in [4.69, 9.17) is 5.11 Å². The molecule has 1 unspecified atom stereocenters. The van der Waals surface area contributed by atoms with Crippen LogP contribution in [0.15, 0.2) is 0 Å². The number of hydrogen-bond donors (Lipinski definition) is 1.